The average Bonchev–Trinajstić information content (AvgIpc) is 3.01. The summed E-state index contributed by atoms with van der Waals surface area (Å²) in [5.41, 5.74) is 1.69. The van der Waals surface area contributed by atoms with Crippen molar-refractivity contribution in [3.63, 3.8) is 0 Å². The Kier molecular flexibility index (Phi) is 4.84. The number of pyridine rings is 1. The van der Waals surface area contributed by atoms with Gasteiger partial charge >= 0.3 is 0 Å². The highest BCUT2D eigenvalue weighted by Gasteiger charge is 2.33. The molecule has 0 radical (unpaired) electrons. The SMILES string of the molecule is Cc1cccn2c(C(C)(C)NC(=O)[C@@H]3CN(C(C)C)CCN3)ncc12. The van der Waals surface area contributed by atoms with Gasteiger partial charge < -0.3 is 15.0 Å². The molecule has 1 amide bonds. The van der Waals surface area contributed by atoms with Crippen molar-refractivity contribution in [2.45, 2.75) is 52.2 Å². The number of rotatable bonds is 4. The van der Waals surface area contributed by atoms with Crippen LogP contribution < -0.4 is 10.6 Å². The van der Waals surface area contributed by atoms with Gasteiger partial charge in [-0.15, -0.1) is 0 Å². The van der Waals surface area contributed by atoms with Gasteiger partial charge in [-0.25, -0.2) is 4.98 Å². The van der Waals surface area contributed by atoms with Gasteiger partial charge in [0.25, 0.3) is 0 Å². The number of hydrogen-bond donors (Lipinski definition) is 2. The van der Waals surface area contributed by atoms with E-state index in [1.807, 2.05) is 32.3 Å². The molecule has 0 bridgehead atoms. The van der Waals surface area contributed by atoms with Crippen molar-refractivity contribution in [1.29, 1.82) is 0 Å². The zero-order valence-corrected chi connectivity index (χ0v) is 15.8. The number of fused-ring (bicyclic) bond motifs is 1. The van der Waals surface area contributed by atoms with Crippen molar-refractivity contribution >= 4 is 11.4 Å². The third-order valence-electron chi connectivity index (χ3n) is 5.03. The van der Waals surface area contributed by atoms with Crippen LogP contribution in [-0.2, 0) is 10.3 Å². The highest BCUT2D eigenvalue weighted by Crippen LogP contribution is 2.22. The van der Waals surface area contributed by atoms with Gasteiger partial charge in [0.2, 0.25) is 5.91 Å². The maximum Gasteiger partial charge on any atom is 0.239 e. The number of imidazole rings is 1. The quantitative estimate of drug-likeness (QED) is 0.887. The van der Waals surface area contributed by atoms with E-state index in [4.69, 9.17) is 0 Å². The molecule has 1 aliphatic heterocycles. The lowest BCUT2D eigenvalue weighted by atomic mass is 10.0. The fourth-order valence-electron chi connectivity index (χ4n) is 3.49. The number of nitrogens with one attached hydrogen (secondary N) is 2. The van der Waals surface area contributed by atoms with Crippen LogP contribution in [0.25, 0.3) is 5.52 Å². The van der Waals surface area contributed by atoms with Gasteiger partial charge in [0.15, 0.2) is 0 Å². The van der Waals surface area contributed by atoms with E-state index in [9.17, 15) is 4.79 Å². The zero-order chi connectivity index (χ0) is 18.2. The zero-order valence-electron chi connectivity index (χ0n) is 15.8. The molecule has 3 heterocycles. The average molecular weight is 343 g/mol. The number of nitrogens with zero attached hydrogens (tertiary/aromatic N) is 3. The molecule has 25 heavy (non-hydrogen) atoms. The van der Waals surface area contributed by atoms with Crippen LogP contribution in [0, 0.1) is 6.92 Å². The minimum Gasteiger partial charge on any atom is -0.343 e. The third-order valence-corrected chi connectivity index (χ3v) is 5.03. The number of carbonyl (C=O) groups is 1. The summed E-state index contributed by atoms with van der Waals surface area (Å²) in [7, 11) is 0. The van der Waals surface area contributed by atoms with Crippen molar-refractivity contribution in [3.05, 3.63) is 35.9 Å². The molecule has 0 saturated carbocycles. The Labute approximate surface area is 149 Å². The van der Waals surface area contributed by atoms with Gasteiger partial charge in [0.05, 0.1) is 23.3 Å². The molecule has 3 rings (SSSR count). The van der Waals surface area contributed by atoms with Crippen molar-refractivity contribution < 1.29 is 4.79 Å². The molecule has 0 unspecified atom stereocenters. The molecule has 1 fully saturated rings. The van der Waals surface area contributed by atoms with E-state index in [0.29, 0.717) is 6.04 Å². The Morgan fingerprint density at radius 1 is 1.44 bits per heavy atom. The number of carbonyl (C=O) groups excluding carboxylic acids is 1. The monoisotopic (exact) mass is 343 g/mol. The summed E-state index contributed by atoms with van der Waals surface area (Å²) in [5.74, 6) is 0.871. The predicted molar refractivity (Wildman–Crippen MR) is 99.6 cm³/mol. The van der Waals surface area contributed by atoms with Crippen molar-refractivity contribution in [2.75, 3.05) is 19.6 Å². The third kappa shape index (κ3) is 3.55. The van der Waals surface area contributed by atoms with E-state index in [1.165, 1.54) is 5.56 Å². The van der Waals surface area contributed by atoms with E-state index >= 15 is 0 Å². The highest BCUT2D eigenvalue weighted by atomic mass is 16.2. The van der Waals surface area contributed by atoms with Crippen molar-refractivity contribution in [2.24, 2.45) is 0 Å². The second-order valence-electron chi connectivity index (χ2n) is 7.74. The van der Waals surface area contributed by atoms with Crippen LogP contribution in [0.3, 0.4) is 0 Å². The van der Waals surface area contributed by atoms with Gasteiger partial charge in [-0.05, 0) is 46.2 Å². The lowest BCUT2D eigenvalue weighted by Gasteiger charge is -2.37. The maximum atomic E-state index is 12.8. The standard InChI is InChI=1S/C19H29N5O/c1-13(2)23-10-8-20-15(12-23)17(25)22-19(4,5)18-21-11-16-14(3)7-6-9-24(16)18/h6-7,9,11,13,15,20H,8,10,12H2,1-5H3,(H,22,25)/t15-/m0/s1. The summed E-state index contributed by atoms with van der Waals surface area (Å²) in [6, 6.07) is 4.33. The van der Waals surface area contributed by atoms with Crippen LogP contribution >= 0.6 is 0 Å². The summed E-state index contributed by atoms with van der Waals surface area (Å²) in [4.78, 5) is 19.8. The van der Waals surface area contributed by atoms with E-state index in [-0.39, 0.29) is 11.9 Å². The summed E-state index contributed by atoms with van der Waals surface area (Å²) >= 11 is 0. The first kappa shape index (κ1) is 17.9. The molecule has 2 aromatic rings. The fourth-order valence-corrected chi connectivity index (χ4v) is 3.49. The van der Waals surface area contributed by atoms with Crippen LogP contribution in [0.15, 0.2) is 24.5 Å². The lowest BCUT2D eigenvalue weighted by molar-refractivity contribution is -0.126. The Balaban J connectivity index is 1.78. The highest BCUT2D eigenvalue weighted by molar-refractivity contribution is 5.83. The van der Waals surface area contributed by atoms with Crippen LogP contribution in [-0.4, -0.2) is 51.9 Å². The van der Waals surface area contributed by atoms with Gasteiger partial charge in [-0.3, -0.25) is 9.69 Å². The first-order valence-corrected chi connectivity index (χ1v) is 9.02. The number of hydrogen-bond acceptors (Lipinski definition) is 4. The van der Waals surface area contributed by atoms with Crippen LogP contribution in [0.4, 0.5) is 0 Å². The fraction of sp³-hybridized carbons (Fsp3) is 0.579. The number of aromatic nitrogens is 2. The van der Waals surface area contributed by atoms with Crippen LogP contribution in [0.1, 0.15) is 39.1 Å². The van der Waals surface area contributed by atoms with Crippen LogP contribution in [0.2, 0.25) is 0 Å². The molecule has 1 saturated heterocycles. The Morgan fingerprint density at radius 3 is 2.92 bits per heavy atom. The van der Waals surface area contributed by atoms with E-state index in [0.717, 1.165) is 31.0 Å². The topological polar surface area (TPSA) is 61.7 Å². The molecular formula is C19H29N5O. The lowest BCUT2D eigenvalue weighted by Crippen LogP contribution is -2.60. The summed E-state index contributed by atoms with van der Waals surface area (Å²) in [6.07, 6.45) is 3.87. The molecule has 1 aliphatic rings. The molecule has 1 atom stereocenters. The second-order valence-corrected chi connectivity index (χ2v) is 7.74. The van der Waals surface area contributed by atoms with Gasteiger partial charge in [-0.1, -0.05) is 6.07 Å². The molecular weight excluding hydrogens is 314 g/mol. The number of amides is 1. The first-order chi connectivity index (χ1) is 11.8. The minimum absolute atomic E-state index is 0.0275. The van der Waals surface area contributed by atoms with Crippen molar-refractivity contribution in [3.8, 4) is 0 Å². The molecule has 6 nitrogen and oxygen atoms in total. The summed E-state index contributed by atoms with van der Waals surface area (Å²) in [5, 5.41) is 6.52. The predicted octanol–water partition coefficient (Wildman–Crippen LogP) is 1.68. The first-order valence-electron chi connectivity index (χ1n) is 9.02. The van der Waals surface area contributed by atoms with Gasteiger partial charge in [-0.2, -0.15) is 0 Å². The molecule has 6 heteroatoms. The number of piperazine rings is 1. The van der Waals surface area contributed by atoms with Gasteiger partial charge in [0, 0.05) is 31.9 Å². The minimum atomic E-state index is -0.556. The molecule has 0 spiro atoms. The maximum absolute atomic E-state index is 12.8. The van der Waals surface area contributed by atoms with Gasteiger partial charge in [0.1, 0.15) is 5.82 Å². The molecule has 2 N–H and O–H groups in total. The van der Waals surface area contributed by atoms with E-state index in [1.54, 1.807) is 0 Å². The molecule has 136 valence electrons. The summed E-state index contributed by atoms with van der Waals surface area (Å²) in [6.45, 7) is 13.0. The smallest absolute Gasteiger partial charge is 0.239 e. The van der Waals surface area contributed by atoms with Crippen LogP contribution in [0.5, 0.6) is 0 Å². The van der Waals surface area contributed by atoms with E-state index < -0.39 is 5.54 Å². The Hall–Kier alpha value is -1.92. The van der Waals surface area contributed by atoms with Crippen molar-refractivity contribution in [1.82, 2.24) is 24.9 Å². The normalized spacial score (nSPS) is 19.5. The number of aryl methyl sites for hydroxylation is 1. The summed E-state index contributed by atoms with van der Waals surface area (Å²) < 4.78 is 2.06. The Morgan fingerprint density at radius 2 is 2.20 bits per heavy atom. The Bertz CT molecular complexity index is 764. The largest absolute Gasteiger partial charge is 0.343 e. The molecule has 0 aliphatic carbocycles. The molecule has 0 aromatic carbocycles. The molecule has 2 aromatic heterocycles. The van der Waals surface area contributed by atoms with E-state index in [2.05, 4.69) is 51.8 Å². The second kappa shape index (κ2) is 6.77.